The van der Waals surface area contributed by atoms with Crippen LogP contribution in [0.15, 0.2) is 30.7 Å². The summed E-state index contributed by atoms with van der Waals surface area (Å²) in [7, 11) is 0. The van der Waals surface area contributed by atoms with Crippen molar-refractivity contribution in [3.63, 3.8) is 0 Å². The van der Waals surface area contributed by atoms with E-state index >= 15 is 0 Å². The van der Waals surface area contributed by atoms with Gasteiger partial charge in [-0.25, -0.2) is 0 Å². The molecule has 12 nitrogen and oxygen atoms in total. The first-order valence-corrected chi connectivity index (χ1v) is 11.9. The van der Waals surface area contributed by atoms with E-state index < -0.39 is 23.9 Å². The molecule has 0 radical (unpaired) electrons. The summed E-state index contributed by atoms with van der Waals surface area (Å²) in [6, 6.07) is 1.76. The highest BCUT2D eigenvalue weighted by atomic mass is 19.4. The number of carbonyl (C=O) groups is 1. The van der Waals surface area contributed by atoms with E-state index in [0.717, 1.165) is 44.2 Å². The van der Waals surface area contributed by atoms with Crippen LogP contribution in [0.1, 0.15) is 52.9 Å². The van der Waals surface area contributed by atoms with Crippen LogP contribution >= 0.6 is 0 Å². The van der Waals surface area contributed by atoms with Crippen molar-refractivity contribution in [1.82, 2.24) is 45.6 Å². The number of alkyl halides is 3. The molecule has 1 aliphatic heterocycles. The molecule has 0 aliphatic carbocycles. The van der Waals surface area contributed by atoms with Gasteiger partial charge in [0.15, 0.2) is 11.9 Å². The molecule has 0 bridgehead atoms. The number of nitrogens with zero attached hydrogens (tertiary/aromatic N) is 7. The Labute approximate surface area is 210 Å². The van der Waals surface area contributed by atoms with Gasteiger partial charge in [-0.1, -0.05) is 10.4 Å². The van der Waals surface area contributed by atoms with Crippen molar-refractivity contribution in [2.75, 3.05) is 19.8 Å². The number of hydrogen-bond donors (Lipinski definition) is 3. The van der Waals surface area contributed by atoms with E-state index in [1.54, 1.807) is 10.9 Å². The number of aliphatic hydroxyl groups is 1. The second-order valence-corrected chi connectivity index (χ2v) is 8.74. The van der Waals surface area contributed by atoms with Crippen LogP contribution in [0.3, 0.4) is 0 Å². The summed E-state index contributed by atoms with van der Waals surface area (Å²) in [4.78, 5) is 16.1. The molecule has 1 amide bonds. The minimum Gasteiger partial charge on any atom is -0.381 e. The van der Waals surface area contributed by atoms with E-state index in [4.69, 9.17) is 4.74 Å². The number of hydrogen-bond acceptors (Lipinski definition) is 9. The molecule has 2 atom stereocenters. The average molecular weight is 524 g/mol. The summed E-state index contributed by atoms with van der Waals surface area (Å²) < 4.78 is 46.9. The van der Waals surface area contributed by atoms with Crippen molar-refractivity contribution in [2.24, 2.45) is 5.92 Å². The van der Waals surface area contributed by atoms with Crippen LogP contribution < -0.4 is 10.6 Å². The Bertz CT molecular complexity index is 1160. The molecule has 4 rings (SSSR count). The van der Waals surface area contributed by atoms with Gasteiger partial charge in [0.05, 0.1) is 36.8 Å². The number of aryl methyl sites for hydroxylation is 2. The molecular weight excluding hydrogens is 495 g/mol. The number of nitrogens with one attached hydrogen (secondary N) is 2. The fourth-order valence-corrected chi connectivity index (χ4v) is 3.75. The molecule has 3 N–H and O–H groups in total. The monoisotopic (exact) mass is 523 g/mol. The van der Waals surface area contributed by atoms with Gasteiger partial charge in [-0.05, 0) is 37.3 Å². The van der Waals surface area contributed by atoms with Gasteiger partial charge >= 0.3 is 6.18 Å². The first-order valence-electron chi connectivity index (χ1n) is 11.9. The largest absolute Gasteiger partial charge is 0.416 e. The molecule has 15 heteroatoms. The van der Waals surface area contributed by atoms with Crippen LogP contribution in [0.25, 0.3) is 0 Å². The third kappa shape index (κ3) is 7.77. The van der Waals surface area contributed by atoms with Crippen LogP contribution in [0.4, 0.5) is 13.2 Å². The zero-order chi connectivity index (χ0) is 26.3. The van der Waals surface area contributed by atoms with E-state index in [1.807, 2.05) is 0 Å². The Kier molecular flexibility index (Phi) is 8.78. The molecule has 3 aromatic rings. The average Bonchev–Trinajstić information content (AvgIpc) is 3.65. The molecular formula is C22H28F3N9O3. The standard InChI is InChI=1S/C22H28F3N9O3/c23-22(24,25)16-3-5-26-17(9-16)11-28-21(36)19-13-34(32-30-19)7-2-1-6-33-12-18(29-31-33)20(35)27-10-15-4-8-37-14-15/h3,5,9,12-13,15,20,27,35H,1-2,4,6-8,10-11,14H2,(H,28,36). The Morgan fingerprint density at radius 3 is 2.68 bits per heavy atom. The number of aliphatic hydroxyl groups excluding tert-OH is 1. The summed E-state index contributed by atoms with van der Waals surface area (Å²) in [5.41, 5.74) is -0.245. The van der Waals surface area contributed by atoms with Crippen molar-refractivity contribution >= 4 is 5.91 Å². The first kappa shape index (κ1) is 26.6. The summed E-state index contributed by atoms with van der Waals surface area (Å²) >= 11 is 0. The van der Waals surface area contributed by atoms with Crippen molar-refractivity contribution in [3.05, 3.63) is 53.4 Å². The van der Waals surface area contributed by atoms with Gasteiger partial charge in [0, 0.05) is 32.4 Å². The molecule has 2 unspecified atom stereocenters. The summed E-state index contributed by atoms with van der Waals surface area (Å²) in [5, 5.41) is 31.6. The van der Waals surface area contributed by atoms with Crippen molar-refractivity contribution in [1.29, 1.82) is 0 Å². The zero-order valence-electron chi connectivity index (χ0n) is 19.9. The Morgan fingerprint density at radius 2 is 1.95 bits per heavy atom. The summed E-state index contributed by atoms with van der Waals surface area (Å²) in [5.74, 6) is -0.173. The smallest absolute Gasteiger partial charge is 0.381 e. The number of pyridine rings is 1. The third-order valence-electron chi connectivity index (χ3n) is 5.83. The quantitative estimate of drug-likeness (QED) is 0.236. The number of rotatable bonds is 12. The maximum atomic E-state index is 12.8. The Morgan fingerprint density at radius 1 is 1.19 bits per heavy atom. The lowest BCUT2D eigenvalue weighted by Gasteiger charge is -2.13. The molecule has 1 fully saturated rings. The van der Waals surface area contributed by atoms with E-state index in [-0.39, 0.29) is 17.9 Å². The van der Waals surface area contributed by atoms with Gasteiger partial charge in [0.25, 0.3) is 5.91 Å². The lowest BCUT2D eigenvalue weighted by molar-refractivity contribution is -0.137. The SMILES string of the molecule is O=C(NCc1cc(C(F)(F)F)ccn1)c1cn(CCCCn2cc(C(O)NCC3CCOC3)nn2)nn1. The lowest BCUT2D eigenvalue weighted by Crippen LogP contribution is -2.27. The Balaban J connectivity index is 1.16. The second-order valence-electron chi connectivity index (χ2n) is 8.74. The second kappa shape index (κ2) is 12.2. The molecule has 200 valence electrons. The minimum absolute atomic E-state index is 0.0542. The highest BCUT2D eigenvalue weighted by molar-refractivity contribution is 5.91. The third-order valence-corrected chi connectivity index (χ3v) is 5.83. The van der Waals surface area contributed by atoms with Crippen LogP contribution in [0.5, 0.6) is 0 Å². The van der Waals surface area contributed by atoms with Gasteiger partial charge in [0.1, 0.15) is 5.69 Å². The number of aromatic nitrogens is 7. The van der Waals surface area contributed by atoms with E-state index in [2.05, 4.69) is 36.2 Å². The van der Waals surface area contributed by atoms with Gasteiger partial charge in [-0.2, -0.15) is 13.2 Å². The zero-order valence-corrected chi connectivity index (χ0v) is 19.9. The van der Waals surface area contributed by atoms with E-state index in [0.29, 0.717) is 37.9 Å². The van der Waals surface area contributed by atoms with E-state index in [9.17, 15) is 23.1 Å². The number of amides is 1. The number of halogens is 3. The fourth-order valence-electron chi connectivity index (χ4n) is 3.75. The summed E-state index contributed by atoms with van der Waals surface area (Å²) in [6.07, 6.45) is 1.28. The molecule has 1 aliphatic rings. The van der Waals surface area contributed by atoms with Gasteiger partial charge in [0.2, 0.25) is 0 Å². The van der Waals surface area contributed by atoms with Gasteiger partial charge in [-0.15, -0.1) is 10.2 Å². The molecule has 3 aromatic heterocycles. The predicted molar refractivity (Wildman–Crippen MR) is 122 cm³/mol. The lowest BCUT2D eigenvalue weighted by atomic mass is 10.1. The molecule has 4 heterocycles. The number of ether oxygens (including phenoxy) is 1. The highest BCUT2D eigenvalue weighted by Gasteiger charge is 2.30. The van der Waals surface area contributed by atoms with Crippen LogP contribution in [-0.4, -0.2) is 65.7 Å². The molecule has 0 saturated carbocycles. The fraction of sp³-hybridized carbons (Fsp3) is 0.545. The van der Waals surface area contributed by atoms with Crippen LogP contribution in [0, 0.1) is 5.92 Å². The van der Waals surface area contributed by atoms with Gasteiger partial charge < -0.3 is 15.2 Å². The molecule has 0 aromatic carbocycles. The summed E-state index contributed by atoms with van der Waals surface area (Å²) in [6.45, 7) is 3.01. The predicted octanol–water partition coefficient (Wildman–Crippen LogP) is 1.31. The topological polar surface area (TPSA) is 145 Å². The Hall–Kier alpha value is -3.43. The maximum Gasteiger partial charge on any atom is 0.416 e. The minimum atomic E-state index is -4.48. The van der Waals surface area contributed by atoms with Crippen LogP contribution in [0.2, 0.25) is 0 Å². The number of unbranched alkanes of at least 4 members (excludes halogenated alkanes) is 1. The van der Waals surface area contributed by atoms with Crippen molar-refractivity contribution in [3.8, 4) is 0 Å². The molecule has 37 heavy (non-hydrogen) atoms. The van der Waals surface area contributed by atoms with E-state index in [1.165, 1.54) is 10.9 Å². The first-order chi connectivity index (χ1) is 17.8. The maximum absolute atomic E-state index is 12.8. The van der Waals surface area contributed by atoms with Crippen molar-refractivity contribution in [2.45, 2.75) is 51.3 Å². The normalized spacial score (nSPS) is 16.7. The number of carbonyl (C=O) groups excluding carboxylic acids is 1. The molecule has 1 saturated heterocycles. The molecule has 0 spiro atoms. The van der Waals surface area contributed by atoms with Gasteiger partial charge in [-0.3, -0.25) is 24.5 Å². The highest BCUT2D eigenvalue weighted by Crippen LogP contribution is 2.28. The van der Waals surface area contributed by atoms with Crippen molar-refractivity contribution < 1.29 is 27.8 Å². The van der Waals surface area contributed by atoms with Crippen LogP contribution in [-0.2, 0) is 30.5 Å².